The van der Waals surface area contributed by atoms with Crippen molar-refractivity contribution in [1.29, 1.82) is 0 Å². The van der Waals surface area contributed by atoms with Crippen LogP contribution in [0, 0.1) is 5.92 Å². The number of rotatable bonds is 12. The summed E-state index contributed by atoms with van der Waals surface area (Å²) in [4.78, 5) is 2.73. The van der Waals surface area contributed by atoms with E-state index in [-0.39, 0.29) is 36.2 Å². The Hall–Kier alpha value is -3.41. The van der Waals surface area contributed by atoms with E-state index in [1.807, 2.05) is 66.7 Å². The lowest BCUT2D eigenvalue weighted by atomic mass is 9.89. The molecule has 0 spiro atoms. The van der Waals surface area contributed by atoms with Gasteiger partial charge in [0.05, 0.1) is 30.3 Å². The monoisotopic (exact) mass is 656 g/mol. The molecule has 0 aromatic heterocycles. The standard InChI is InChI=1S/C38H44N2O6S/c1-27-36(24-40-20-8-13-34(40)26-44-2)45-38(46-37(27)30-18-16-28(25-41)17-19-30)33-12-7-11-32(22-33)31-10-6-9-29(21-31)23-39-47(42,43)35-14-4-3-5-15-35/h3-7,9-12,14-19,21-22,27,34,36-39,41H,8,13,20,23-26H2,1-2H3/t27-,34-,36+,37+,38+/m0/s1. The predicted molar refractivity (Wildman–Crippen MR) is 182 cm³/mol. The summed E-state index contributed by atoms with van der Waals surface area (Å²) in [6.07, 6.45) is 1.42. The quantitative estimate of drug-likeness (QED) is 0.187. The molecule has 2 saturated heterocycles. The van der Waals surface area contributed by atoms with Crippen molar-refractivity contribution in [3.8, 4) is 11.1 Å². The average molecular weight is 657 g/mol. The van der Waals surface area contributed by atoms with Crippen molar-refractivity contribution >= 4 is 10.0 Å². The van der Waals surface area contributed by atoms with Crippen LogP contribution in [0.15, 0.2) is 108 Å². The van der Waals surface area contributed by atoms with Crippen LogP contribution in [0.25, 0.3) is 11.1 Å². The molecule has 2 N–H and O–H groups in total. The Labute approximate surface area is 278 Å². The first-order valence-electron chi connectivity index (χ1n) is 16.3. The summed E-state index contributed by atoms with van der Waals surface area (Å²) in [5, 5.41) is 9.60. The SMILES string of the molecule is COC[C@@H]1CCCN1C[C@H]1O[C@@H](c2cccc(-c3cccc(CNS(=O)(=O)c4ccccc4)c3)c2)O[C@@H](c2ccc(CO)cc2)[C@H]1C. The van der Waals surface area contributed by atoms with Gasteiger partial charge in [-0.3, -0.25) is 4.90 Å². The van der Waals surface area contributed by atoms with E-state index in [0.717, 1.165) is 59.3 Å². The molecular weight excluding hydrogens is 612 g/mol. The number of hydrogen-bond donors (Lipinski definition) is 2. The molecule has 47 heavy (non-hydrogen) atoms. The molecular formula is C38H44N2O6S. The molecule has 8 nitrogen and oxygen atoms in total. The van der Waals surface area contributed by atoms with Gasteiger partial charge in [0.15, 0.2) is 6.29 Å². The van der Waals surface area contributed by atoms with E-state index >= 15 is 0 Å². The van der Waals surface area contributed by atoms with E-state index in [2.05, 4.69) is 22.6 Å². The molecule has 6 rings (SSSR count). The highest BCUT2D eigenvalue weighted by Gasteiger charge is 2.40. The normalized spacial score (nSPS) is 23.6. The zero-order valence-electron chi connectivity index (χ0n) is 27.0. The summed E-state index contributed by atoms with van der Waals surface area (Å²) in [6.45, 7) is 4.90. The van der Waals surface area contributed by atoms with Crippen LogP contribution in [0.5, 0.6) is 0 Å². The molecule has 2 aliphatic rings. The molecule has 5 atom stereocenters. The van der Waals surface area contributed by atoms with Gasteiger partial charge in [0.2, 0.25) is 10.0 Å². The molecule has 0 amide bonds. The van der Waals surface area contributed by atoms with Gasteiger partial charge in [0.1, 0.15) is 0 Å². The summed E-state index contributed by atoms with van der Waals surface area (Å²) >= 11 is 0. The highest BCUT2D eigenvalue weighted by Crippen LogP contribution is 2.43. The molecule has 2 heterocycles. The minimum Gasteiger partial charge on any atom is -0.392 e. The Morgan fingerprint density at radius 2 is 1.62 bits per heavy atom. The summed E-state index contributed by atoms with van der Waals surface area (Å²) in [5.74, 6) is 0.0922. The molecule has 0 unspecified atom stereocenters. The van der Waals surface area contributed by atoms with Crippen LogP contribution in [-0.4, -0.2) is 57.4 Å². The van der Waals surface area contributed by atoms with Gasteiger partial charge in [-0.15, -0.1) is 0 Å². The summed E-state index contributed by atoms with van der Waals surface area (Å²) < 4.78 is 47.4. The van der Waals surface area contributed by atoms with Crippen LogP contribution in [0.1, 0.15) is 54.4 Å². The molecule has 248 valence electrons. The fraction of sp³-hybridized carbons (Fsp3) is 0.368. The number of aliphatic hydroxyl groups is 1. The predicted octanol–water partition coefficient (Wildman–Crippen LogP) is 6.23. The Kier molecular flexibility index (Phi) is 10.8. The van der Waals surface area contributed by atoms with Crippen LogP contribution in [0.4, 0.5) is 0 Å². The smallest absolute Gasteiger partial charge is 0.240 e. The van der Waals surface area contributed by atoms with Gasteiger partial charge in [0, 0.05) is 37.7 Å². The van der Waals surface area contributed by atoms with Crippen molar-refractivity contribution < 1.29 is 27.7 Å². The first-order valence-corrected chi connectivity index (χ1v) is 17.8. The number of ether oxygens (including phenoxy) is 3. The van der Waals surface area contributed by atoms with Crippen LogP contribution >= 0.6 is 0 Å². The fourth-order valence-electron chi connectivity index (χ4n) is 6.66. The molecule has 2 fully saturated rings. The summed E-state index contributed by atoms with van der Waals surface area (Å²) in [7, 11) is -1.86. The molecule has 0 saturated carbocycles. The number of aliphatic hydroxyl groups excluding tert-OH is 1. The molecule has 0 radical (unpaired) electrons. The molecule has 4 aromatic carbocycles. The molecule has 0 aliphatic carbocycles. The van der Waals surface area contributed by atoms with E-state index in [9.17, 15) is 13.5 Å². The van der Waals surface area contributed by atoms with Crippen molar-refractivity contribution in [2.45, 2.75) is 62.4 Å². The van der Waals surface area contributed by atoms with E-state index in [1.54, 1.807) is 37.4 Å². The number of sulfonamides is 1. The van der Waals surface area contributed by atoms with Crippen molar-refractivity contribution in [2.24, 2.45) is 5.92 Å². The average Bonchev–Trinajstić information content (AvgIpc) is 3.55. The second-order valence-corrected chi connectivity index (χ2v) is 14.3. The van der Waals surface area contributed by atoms with Crippen molar-refractivity contribution in [3.05, 3.63) is 125 Å². The van der Waals surface area contributed by atoms with Gasteiger partial charge < -0.3 is 19.3 Å². The minimum absolute atomic E-state index is 0.00153. The number of likely N-dealkylation sites (tertiary alicyclic amines) is 1. The van der Waals surface area contributed by atoms with Crippen molar-refractivity contribution in [2.75, 3.05) is 26.8 Å². The fourth-order valence-corrected chi connectivity index (χ4v) is 7.70. The van der Waals surface area contributed by atoms with E-state index in [1.165, 1.54) is 0 Å². The summed E-state index contributed by atoms with van der Waals surface area (Å²) in [6, 6.07) is 32.9. The molecule has 0 bridgehead atoms. The maximum Gasteiger partial charge on any atom is 0.240 e. The van der Waals surface area contributed by atoms with Gasteiger partial charge in [-0.2, -0.15) is 0 Å². The molecule has 2 aliphatic heterocycles. The Balaban J connectivity index is 1.24. The van der Waals surface area contributed by atoms with Gasteiger partial charge in [-0.1, -0.05) is 85.8 Å². The van der Waals surface area contributed by atoms with Gasteiger partial charge in [-0.05, 0) is 71.5 Å². The van der Waals surface area contributed by atoms with Crippen LogP contribution < -0.4 is 4.72 Å². The zero-order chi connectivity index (χ0) is 32.8. The number of hydrogen-bond acceptors (Lipinski definition) is 7. The second-order valence-electron chi connectivity index (χ2n) is 12.5. The Bertz CT molecular complexity index is 1720. The van der Waals surface area contributed by atoms with E-state index in [4.69, 9.17) is 14.2 Å². The topological polar surface area (TPSA) is 97.3 Å². The van der Waals surface area contributed by atoms with Gasteiger partial charge in [-0.25, -0.2) is 13.1 Å². The van der Waals surface area contributed by atoms with E-state index in [0.29, 0.717) is 12.6 Å². The summed E-state index contributed by atoms with van der Waals surface area (Å²) in [5.41, 5.74) is 5.66. The lowest BCUT2D eigenvalue weighted by Gasteiger charge is -2.43. The maximum absolute atomic E-state index is 12.8. The third-order valence-corrected chi connectivity index (χ3v) is 10.8. The van der Waals surface area contributed by atoms with Crippen molar-refractivity contribution in [1.82, 2.24) is 9.62 Å². The molecule has 9 heteroatoms. The second kappa shape index (κ2) is 15.2. The van der Waals surface area contributed by atoms with Gasteiger partial charge in [0.25, 0.3) is 0 Å². The first kappa shape index (κ1) is 33.5. The lowest BCUT2D eigenvalue weighted by molar-refractivity contribution is -0.276. The zero-order valence-corrected chi connectivity index (χ0v) is 27.8. The number of nitrogens with zero attached hydrogens (tertiary/aromatic N) is 1. The maximum atomic E-state index is 12.8. The van der Waals surface area contributed by atoms with Crippen LogP contribution in [-0.2, 0) is 37.4 Å². The van der Waals surface area contributed by atoms with Crippen LogP contribution in [0.3, 0.4) is 0 Å². The largest absolute Gasteiger partial charge is 0.392 e. The van der Waals surface area contributed by atoms with Crippen molar-refractivity contribution in [3.63, 3.8) is 0 Å². The third-order valence-electron chi connectivity index (χ3n) is 9.33. The first-order chi connectivity index (χ1) is 22.8. The minimum atomic E-state index is -3.62. The van der Waals surface area contributed by atoms with Gasteiger partial charge >= 0.3 is 0 Å². The van der Waals surface area contributed by atoms with Crippen LogP contribution in [0.2, 0.25) is 0 Å². The lowest BCUT2D eigenvalue weighted by Crippen LogP contribution is -2.46. The highest BCUT2D eigenvalue weighted by atomic mass is 32.2. The number of methoxy groups -OCH3 is 1. The third kappa shape index (κ3) is 8.01. The number of benzene rings is 4. The highest BCUT2D eigenvalue weighted by molar-refractivity contribution is 7.89. The molecule has 4 aromatic rings. The number of nitrogens with one attached hydrogen (secondary N) is 1. The van der Waals surface area contributed by atoms with E-state index < -0.39 is 16.3 Å². The Morgan fingerprint density at radius 1 is 0.872 bits per heavy atom. The Morgan fingerprint density at radius 3 is 2.36 bits per heavy atom.